The van der Waals surface area contributed by atoms with Gasteiger partial charge in [-0.15, -0.1) is 0 Å². The molecule has 0 N–H and O–H groups in total. The Labute approximate surface area is 143 Å². The molecule has 1 fully saturated rings. The lowest BCUT2D eigenvalue weighted by Gasteiger charge is -2.22. The fraction of sp³-hybridized carbons (Fsp3) is 0.263. The normalized spacial score (nSPS) is 15.1. The molecule has 1 aliphatic rings. The first-order chi connectivity index (χ1) is 11.9. The van der Waals surface area contributed by atoms with Gasteiger partial charge in [-0.05, 0) is 30.0 Å². The van der Waals surface area contributed by atoms with Gasteiger partial charge >= 0.3 is 6.18 Å². The van der Waals surface area contributed by atoms with E-state index in [4.69, 9.17) is 0 Å². The largest absolute Gasteiger partial charge is 0.417 e. The minimum absolute atomic E-state index is 0.00536. The van der Waals surface area contributed by atoms with Crippen LogP contribution in [0.5, 0.6) is 0 Å². The highest BCUT2D eigenvalue weighted by Crippen LogP contribution is 2.35. The van der Waals surface area contributed by atoms with Crippen molar-refractivity contribution in [2.75, 3.05) is 0 Å². The molecule has 0 unspecified atom stereocenters. The van der Waals surface area contributed by atoms with Gasteiger partial charge in [0.2, 0.25) is 5.91 Å². The topological polar surface area (TPSA) is 33.2 Å². The number of rotatable bonds is 5. The minimum Gasteiger partial charge on any atom is -0.332 e. The molecule has 1 amide bonds. The van der Waals surface area contributed by atoms with Crippen LogP contribution in [0.2, 0.25) is 0 Å². The lowest BCUT2D eigenvalue weighted by atomic mass is 10.0. The van der Waals surface area contributed by atoms with Gasteiger partial charge in [0.1, 0.15) is 0 Å². The quantitative estimate of drug-likeness (QED) is 0.760. The van der Waals surface area contributed by atoms with Crippen LogP contribution >= 0.6 is 0 Å². The number of carbonyl (C=O) groups is 1. The number of hydrogen-bond donors (Lipinski definition) is 0. The molecule has 1 aromatic heterocycles. The smallest absolute Gasteiger partial charge is 0.332 e. The van der Waals surface area contributed by atoms with Crippen molar-refractivity contribution in [1.82, 2.24) is 9.88 Å². The average molecular weight is 346 g/mol. The predicted molar refractivity (Wildman–Crippen MR) is 88.3 cm³/mol. The Balaban J connectivity index is 1.88. The van der Waals surface area contributed by atoms with Gasteiger partial charge in [0.25, 0.3) is 0 Å². The molecule has 3 rings (SSSR count). The van der Waals surface area contributed by atoms with Crippen molar-refractivity contribution >= 4 is 11.5 Å². The number of benzene rings is 1. The van der Waals surface area contributed by atoms with Crippen LogP contribution in [-0.4, -0.2) is 28.0 Å². The first kappa shape index (κ1) is 17.2. The molecular formula is C19H17F3N2O. The second kappa shape index (κ2) is 7.09. The van der Waals surface area contributed by atoms with Gasteiger partial charge in [0.05, 0.1) is 5.57 Å². The lowest BCUT2D eigenvalue weighted by Crippen LogP contribution is -2.32. The van der Waals surface area contributed by atoms with E-state index in [2.05, 4.69) is 4.98 Å². The van der Waals surface area contributed by atoms with Crippen LogP contribution in [0.25, 0.3) is 5.57 Å². The lowest BCUT2D eigenvalue weighted by molar-refractivity contribution is -0.127. The van der Waals surface area contributed by atoms with Crippen molar-refractivity contribution in [3.05, 3.63) is 72.1 Å². The maximum atomic E-state index is 13.4. The van der Waals surface area contributed by atoms with Gasteiger partial charge < -0.3 is 4.90 Å². The van der Waals surface area contributed by atoms with E-state index in [0.29, 0.717) is 6.08 Å². The predicted octanol–water partition coefficient (Wildman–Crippen LogP) is 4.22. The van der Waals surface area contributed by atoms with E-state index < -0.39 is 17.7 Å². The van der Waals surface area contributed by atoms with Gasteiger partial charge in [-0.1, -0.05) is 36.4 Å². The number of nitrogens with zero attached hydrogens (tertiary/aromatic N) is 2. The first-order valence-electron chi connectivity index (χ1n) is 7.99. The van der Waals surface area contributed by atoms with Crippen LogP contribution in [0.1, 0.15) is 24.0 Å². The summed E-state index contributed by atoms with van der Waals surface area (Å²) in [5.74, 6) is -0.623. The third kappa shape index (κ3) is 4.47. The Kier molecular flexibility index (Phi) is 4.88. The highest BCUT2D eigenvalue weighted by molar-refractivity contribution is 5.96. The third-order valence-electron chi connectivity index (χ3n) is 4.00. The summed E-state index contributed by atoms with van der Waals surface area (Å²) in [6, 6.07) is 10.9. The van der Waals surface area contributed by atoms with Crippen molar-refractivity contribution in [2.45, 2.75) is 31.6 Å². The highest BCUT2D eigenvalue weighted by Gasteiger charge is 2.37. The molecule has 1 heterocycles. The monoisotopic (exact) mass is 346 g/mol. The zero-order valence-corrected chi connectivity index (χ0v) is 13.4. The standard InChI is InChI=1S/C19H17F3N2O/c20-19(21,22)17(15-6-2-1-3-7-15)11-18(25)24(16-8-9-16)13-14-5-4-10-23-12-14/h1-7,10-12,16H,8-9,13H2/b17-11+. The zero-order valence-electron chi connectivity index (χ0n) is 13.4. The van der Waals surface area contributed by atoms with Crippen LogP contribution < -0.4 is 0 Å². The van der Waals surface area contributed by atoms with Crippen molar-refractivity contribution in [3.8, 4) is 0 Å². The Morgan fingerprint density at radius 2 is 1.88 bits per heavy atom. The molecule has 130 valence electrons. The van der Waals surface area contributed by atoms with E-state index in [0.717, 1.165) is 18.4 Å². The number of allylic oxidation sites excluding steroid dienone is 1. The summed E-state index contributed by atoms with van der Waals surface area (Å²) in [7, 11) is 0. The van der Waals surface area contributed by atoms with E-state index in [1.807, 2.05) is 0 Å². The number of hydrogen-bond acceptors (Lipinski definition) is 2. The summed E-state index contributed by atoms with van der Waals surface area (Å²) in [5.41, 5.74) is -0.139. The fourth-order valence-electron chi connectivity index (χ4n) is 2.61. The fourth-order valence-corrected chi connectivity index (χ4v) is 2.61. The number of pyridine rings is 1. The highest BCUT2D eigenvalue weighted by atomic mass is 19.4. The van der Waals surface area contributed by atoms with Gasteiger partial charge in [-0.25, -0.2) is 0 Å². The molecule has 0 bridgehead atoms. The maximum Gasteiger partial charge on any atom is 0.417 e. The molecule has 0 saturated heterocycles. The van der Waals surface area contributed by atoms with E-state index in [1.165, 1.54) is 29.2 Å². The van der Waals surface area contributed by atoms with Crippen molar-refractivity contribution in [3.63, 3.8) is 0 Å². The summed E-state index contributed by atoms with van der Waals surface area (Å²) in [5, 5.41) is 0. The number of alkyl halides is 3. The molecular weight excluding hydrogens is 329 g/mol. The van der Waals surface area contributed by atoms with E-state index in [9.17, 15) is 18.0 Å². The Hall–Kier alpha value is -2.63. The molecule has 25 heavy (non-hydrogen) atoms. The number of amides is 1. The third-order valence-corrected chi connectivity index (χ3v) is 4.00. The SMILES string of the molecule is O=C(/C=C(\c1ccccc1)C(F)(F)F)N(Cc1cccnc1)C1CC1. The first-order valence-corrected chi connectivity index (χ1v) is 7.99. The van der Waals surface area contributed by atoms with Crippen LogP contribution in [0.15, 0.2) is 60.9 Å². The second-order valence-corrected chi connectivity index (χ2v) is 5.98. The molecule has 0 aliphatic heterocycles. The van der Waals surface area contributed by atoms with Crippen LogP contribution in [-0.2, 0) is 11.3 Å². The summed E-state index contributed by atoms with van der Waals surface area (Å²) in [6.45, 7) is 0.258. The van der Waals surface area contributed by atoms with Crippen molar-refractivity contribution < 1.29 is 18.0 Å². The molecule has 1 aliphatic carbocycles. The zero-order chi connectivity index (χ0) is 17.9. The molecule has 1 saturated carbocycles. The van der Waals surface area contributed by atoms with E-state index in [-0.39, 0.29) is 18.2 Å². The molecule has 1 aromatic carbocycles. The Morgan fingerprint density at radius 3 is 2.44 bits per heavy atom. The van der Waals surface area contributed by atoms with Gasteiger partial charge in [-0.3, -0.25) is 9.78 Å². The molecule has 3 nitrogen and oxygen atoms in total. The van der Waals surface area contributed by atoms with Gasteiger partial charge in [-0.2, -0.15) is 13.2 Å². The average Bonchev–Trinajstić information content (AvgIpc) is 3.43. The van der Waals surface area contributed by atoms with E-state index >= 15 is 0 Å². The molecule has 6 heteroatoms. The number of carbonyl (C=O) groups excluding carboxylic acids is 1. The molecule has 0 radical (unpaired) electrons. The summed E-state index contributed by atoms with van der Waals surface area (Å²) in [4.78, 5) is 18.1. The van der Waals surface area contributed by atoms with Crippen LogP contribution in [0, 0.1) is 0 Å². The molecule has 0 atom stereocenters. The molecule has 2 aromatic rings. The second-order valence-electron chi connectivity index (χ2n) is 5.98. The number of aromatic nitrogens is 1. The van der Waals surface area contributed by atoms with Gasteiger partial charge in [0.15, 0.2) is 0 Å². The van der Waals surface area contributed by atoms with E-state index in [1.54, 1.807) is 30.6 Å². The van der Waals surface area contributed by atoms with Crippen molar-refractivity contribution in [2.24, 2.45) is 0 Å². The maximum absolute atomic E-state index is 13.4. The van der Waals surface area contributed by atoms with Crippen LogP contribution in [0.3, 0.4) is 0 Å². The number of halogens is 3. The summed E-state index contributed by atoms with van der Waals surface area (Å²) >= 11 is 0. The van der Waals surface area contributed by atoms with Crippen LogP contribution in [0.4, 0.5) is 13.2 Å². The molecule has 0 spiro atoms. The Morgan fingerprint density at radius 1 is 1.16 bits per heavy atom. The minimum atomic E-state index is -4.60. The van der Waals surface area contributed by atoms with Crippen molar-refractivity contribution in [1.29, 1.82) is 0 Å². The summed E-state index contributed by atoms with van der Waals surface area (Å²) < 4.78 is 40.3. The Bertz CT molecular complexity index is 753. The van der Waals surface area contributed by atoms with Gasteiger partial charge in [0, 0.05) is 31.1 Å². The summed E-state index contributed by atoms with van der Waals surface area (Å²) in [6.07, 6.45) is 0.974.